The van der Waals surface area contributed by atoms with Gasteiger partial charge in [-0.05, 0) is 18.8 Å². The van der Waals surface area contributed by atoms with Crippen molar-refractivity contribution in [2.24, 2.45) is 13.0 Å². The molecule has 1 saturated carbocycles. The number of nitrogens with zero attached hydrogens (tertiary/aromatic N) is 3. The molecular weight excluding hydrogens is 224 g/mol. The van der Waals surface area contributed by atoms with Gasteiger partial charge in [-0.15, -0.1) is 0 Å². The molecule has 1 N–H and O–H groups in total. The van der Waals surface area contributed by atoms with Crippen LogP contribution in [0.2, 0.25) is 0 Å². The first-order valence-electron chi connectivity index (χ1n) is 7.28. The maximum absolute atomic E-state index is 4.42. The minimum absolute atomic E-state index is 0.320. The minimum Gasteiger partial charge on any atom is -0.304 e. The van der Waals surface area contributed by atoms with Crippen LogP contribution in [0.15, 0.2) is 6.33 Å². The van der Waals surface area contributed by atoms with Gasteiger partial charge in [0, 0.05) is 13.1 Å². The van der Waals surface area contributed by atoms with Gasteiger partial charge in [-0.3, -0.25) is 4.68 Å². The predicted molar refractivity (Wildman–Crippen MR) is 73.2 cm³/mol. The average Bonchev–Trinajstić information content (AvgIpc) is 2.62. The summed E-state index contributed by atoms with van der Waals surface area (Å²) >= 11 is 0. The molecule has 0 spiro atoms. The summed E-state index contributed by atoms with van der Waals surface area (Å²) in [6, 6.07) is 0.970. The van der Waals surface area contributed by atoms with Crippen molar-refractivity contribution in [1.29, 1.82) is 0 Å². The van der Waals surface area contributed by atoms with Crippen molar-refractivity contribution in [3.63, 3.8) is 0 Å². The van der Waals surface area contributed by atoms with Crippen LogP contribution in [-0.4, -0.2) is 20.8 Å². The van der Waals surface area contributed by atoms with Crippen LogP contribution in [0.4, 0.5) is 0 Å². The molecule has 0 saturated heterocycles. The van der Waals surface area contributed by atoms with Crippen molar-refractivity contribution < 1.29 is 0 Å². The highest BCUT2D eigenvalue weighted by atomic mass is 15.3. The molecule has 1 aromatic heterocycles. The van der Waals surface area contributed by atoms with E-state index in [4.69, 9.17) is 0 Å². The van der Waals surface area contributed by atoms with Gasteiger partial charge in [0.2, 0.25) is 0 Å². The molecule has 1 unspecified atom stereocenters. The van der Waals surface area contributed by atoms with Gasteiger partial charge in [0.25, 0.3) is 0 Å². The molecule has 1 aliphatic rings. The summed E-state index contributed by atoms with van der Waals surface area (Å²) < 4.78 is 1.90. The first-order chi connectivity index (χ1) is 8.68. The highest BCUT2D eigenvalue weighted by Crippen LogP contribution is 2.24. The van der Waals surface area contributed by atoms with Gasteiger partial charge >= 0.3 is 0 Å². The summed E-state index contributed by atoms with van der Waals surface area (Å²) in [7, 11) is 1.98. The van der Waals surface area contributed by atoms with E-state index in [9.17, 15) is 0 Å². The molecule has 0 aliphatic heterocycles. The van der Waals surface area contributed by atoms with Crippen LogP contribution in [-0.2, 0) is 7.05 Å². The lowest BCUT2D eigenvalue weighted by Gasteiger charge is -2.27. The van der Waals surface area contributed by atoms with E-state index in [2.05, 4.69) is 29.2 Å². The van der Waals surface area contributed by atoms with Gasteiger partial charge in [0.15, 0.2) is 0 Å². The van der Waals surface area contributed by atoms with Crippen LogP contribution in [0.25, 0.3) is 0 Å². The van der Waals surface area contributed by atoms with Crippen molar-refractivity contribution >= 4 is 0 Å². The van der Waals surface area contributed by atoms with E-state index in [1.807, 2.05) is 11.7 Å². The number of aryl methyl sites for hydroxylation is 1. The standard InChI is InChI=1S/C14H26N4/c1-11(2)13(14-15-10-16-18(14)3)17-12-8-6-4-5-7-9-12/h10-13,17H,4-9H2,1-3H3. The Morgan fingerprint density at radius 3 is 2.39 bits per heavy atom. The summed E-state index contributed by atoms with van der Waals surface area (Å²) in [5.74, 6) is 1.60. The summed E-state index contributed by atoms with van der Waals surface area (Å²) in [5, 5.41) is 8.01. The quantitative estimate of drug-likeness (QED) is 0.836. The monoisotopic (exact) mass is 250 g/mol. The molecular formula is C14H26N4. The van der Waals surface area contributed by atoms with Crippen molar-refractivity contribution in [1.82, 2.24) is 20.1 Å². The Morgan fingerprint density at radius 1 is 1.22 bits per heavy atom. The second-order valence-corrected chi connectivity index (χ2v) is 5.82. The molecule has 1 fully saturated rings. The van der Waals surface area contributed by atoms with Crippen molar-refractivity contribution in [2.75, 3.05) is 0 Å². The molecule has 1 aliphatic carbocycles. The van der Waals surface area contributed by atoms with E-state index in [0.717, 1.165) is 5.82 Å². The molecule has 2 rings (SSSR count). The Bertz CT molecular complexity index is 350. The molecule has 102 valence electrons. The van der Waals surface area contributed by atoms with E-state index < -0.39 is 0 Å². The Hall–Kier alpha value is -0.900. The lowest BCUT2D eigenvalue weighted by molar-refractivity contribution is 0.319. The highest BCUT2D eigenvalue weighted by molar-refractivity contribution is 4.96. The second-order valence-electron chi connectivity index (χ2n) is 5.82. The SMILES string of the molecule is CC(C)C(NC1CCCCCC1)c1ncnn1C. The molecule has 4 nitrogen and oxygen atoms in total. The molecule has 0 radical (unpaired) electrons. The highest BCUT2D eigenvalue weighted by Gasteiger charge is 2.24. The zero-order valence-electron chi connectivity index (χ0n) is 11.9. The van der Waals surface area contributed by atoms with Gasteiger partial charge in [-0.1, -0.05) is 39.5 Å². The molecule has 1 aromatic rings. The first-order valence-corrected chi connectivity index (χ1v) is 7.28. The van der Waals surface area contributed by atoms with Crippen LogP contribution in [0.5, 0.6) is 0 Å². The number of hydrogen-bond acceptors (Lipinski definition) is 3. The fourth-order valence-electron chi connectivity index (χ4n) is 2.85. The maximum atomic E-state index is 4.42. The number of rotatable bonds is 4. The minimum atomic E-state index is 0.320. The summed E-state index contributed by atoms with van der Waals surface area (Å²) in [4.78, 5) is 4.42. The third kappa shape index (κ3) is 3.31. The third-order valence-corrected chi connectivity index (χ3v) is 3.96. The van der Waals surface area contributed by atoms with E-state index in [1.54, 1.807) is 6.33 Å². The summed E-state index contributed by atoms with van der Waals surface area (Å²) in [5.41, 5.74) is 0. The smallest absolute Gasteiger partial charge is 0.143 e. The van der Waals surface area contributed by atoms with Gasteiger partial charge in [0.05, 0.1) is 6.04 Å². The van der Waals surface area contributed by atoms with Crippen molar-refractivity contribution in [3.05, 3.63) is 12.2 Å². The second kappa shape index (κ2) is 6.32. The normalized spacial score (nSPS) is 20.0. The molecule has 4 heteroatoms. The van der Waals surface area contributed by atoms with Crippen LogP contribution < -0.4 is 5.32 Å². The molecule has 0 amide bonds. The fraction of sp³-hybridized carbons (Fsp3) is 0.857. The average molecular weight is 250 g/mol. The zero-order valence-corrected chi connectivity index (χ0v) is 11.9. The third-order valence-electron chi connectivity index (χ3n) is 3.96. The van der Waals surface area contributed by atoms with Crippen molar-refractivity contribution in [3.8, 4) is 0 Å². The lowest BCUT2D eigenvalue weighted by atomic mass is 10.00. The van der Waals surface area contributed by atoms with Gasteiger partial charge in [0.1, 0.15) is 12.2 Å². The maximum Gasteiger partial charge on any atom is 0.143 e. The molecule has 0 aromatic carbocycles. The van der Waals surface area contributed by atoms with E-state index in [1.165, 1.54) is 38.5 Å². The fourth-order valence-corrected chi connectivity index (χ4v) is 2.85. The Morgan fingerprint density at radius 2 is 1.89 bits per heavy atom. The number of nitrogens with one attached hydrogen (secondary N) is 1. The van der Waals surface area contributed by atoms with Gasteiger partial charge < -0.3 is 5.32 Å². The lowest BCUT2D eigenvalue weighted by Crippen LogP contribution is -2.36. The number of aromatic nitrogens is 3. The van der Waals surface area contributed by atoms with Gasteiger partial charge in [-0.2, -0.15) is 5.10 Å². The molecule has 1 atom stereocenters. The molecule has 18 heavy (non-hydrogen) atoms. The Kier molecular flexibility index (Phi) is 4.75. The topological polar surface area (TPSA) is 42.7 Å². The Labute approximate surface area is 110 Å². The zero-order chi connectivity index (χ0) is 13.0. The van der Waals surface area contributed by atoms with Crippen LogP contribution in [0, 0.1) is 5.92 Å². The van der Waals surface area contributed by atoms with E-state index >= 15 is 0 Å². The summed E-state index contributed by atoms with van der Waals surface area (Å²) in [6.07, 6.45) is 9.78. The van der Waals surface area contributed by atoms with Crippen LogP contribution >= 0.6 is 0 Å². The molecule has 1 heterocycles. The summed E-state index contributed by atoms with van der Waals surface area (Å²) in [6.45, 7) is 4.51. The predicted octanol–water partition coefficient (Wildman–Crippen LogP) is 2.82. The van der Waals surface area contributed by atoms with Crippen LogP contribution in [0.1, 0.15) is 64.2 Å². The van der Waals surface area contributed by atoms with E-state index in [-0.39, 0.29) is 0 Å². The largest absolute Gasteiger partial charge is 0.304 e. The van der Waals surface area contributed by atoms with Gasteiger partial charge in [-0.25, -0.2) is 4.98 Å². The van der Waals surface area contributed by atoms with Crippen LogP contribution in [0.3, 0.4) is 0 Å². The molecule has 0 bridgehead atoms. The van der Waals surface area contributed by atoms with Crippen molar-refractivity contribution in [2.45, 2.75) is 64.5 Å². The Balaban J connectivity index is 2.04. The first kappa shape index (κ1) is 13.5. The van der Waals surface area contributed by atoms with E-state index in [0.29, 0.717) is 18.0 Å². The number of hydrogen-bond donors (Lipinski definition) is 1.